The molecule has 6 rings (SSSR count). The number of alkyl halides is 3. The first kappa shape index (κ1) is 29.1. The van der Waals surface area contributed by atoms with Crippen LogP contribution in [0.2, 0.25) is 0 Å². The molecule has 1 unspecified atom stereocenters. The number of fused-ring (bicyclic) bond motifs is 2. The van der Waals surface area contributed by atoms with Crippen molar-refractivity contribution in [3.05, 3.63) is 81.4 Å². The van der Waals surface area contributed by atoms with Gasteiger partial charge in [-0.25, -0.2) is 4.68 Å². The van der Waals surface area contributed by atoms with Crippen molar-refractivity contribution in [1.82, 2.24) is 25.0 Å². The van der Waals surface area contributed by atoms with Crippen LogP contribution in [0.3, 0.4) is 0 Å². The number of aromatic nitrogens is 5. The maximum absolute atomic E-state index is 14.0. The first-order valence-corrected chi connectivity index (χ1v) is 14.8. The molecule has 0 amide bonds. The number of benzene rings is 2. The summed E-state index contributed by atoms with van der Waals surface area (Å²) in [6.45, 7) is 6.94. The Morgan fingerprint density at radius 1 is 1.09 bits per heavy atom. The maximum atomic E-state index is 14.0. The predicted octanol–water partition coefficient (Wildman–Crippen LogP) is 7.56. The van der Waals surface area contributed by atoms with E-state index in [1.807, 2.05) is 42.5 Å². The van der Waals surface area contributed by atoms with Crippen molar-refractivity contribution < 1.29 is 13.2 Å². The van der Waals surface area contributed by atoms with Crippen LogP contribution in [-0.4, -0.2) is 37.7 Å². The van der Waals surface area contributed by atoms with Crippen LogP contribution < -0.4 is 10.6 Å². The summed E-state index contributed by atoms with van der Waals surface area (Å²) in [5.41, 5.74) is 2.35. The number of hydrogen-bond acceptors (Lipinski definition) is 7. The van der Waals surface area contributed by atoms with Gasteiger partial charge in [0.25, 0.3) is 0 Å². The molecule has 0 bridgehead atoms. The molecule has 0 spiro atoms. The van der Waals surface area contributed by atoms with Gasteiger partial charge in [-0.05, 0) is 70.7 Å². The Hall–Kier alpha value is -3.99. The summed E-state index contributed by atoms with van der Waals surface area (Å²) >= 11 is 2.21. The first-order valence-electron chi connectivity index (χ1n) is 13.8. The fourth-order valence-electron chi connectivity index (χ4n) is 5.21. The maximum Gasteiger partial charge on any atom is 0.413 e. The van der Waals surface area contributed by atoms with Gasteiger partial charge in [-0.1, -0.05) is 44.2 Å². The molecule has 0 aliphatic heterocycles. The summed E-state index contributed by atoms with van der Waals surface area (Å²) in [7, 11) is 0. The van der Waals surface area contributed by atoms with Crippen LogP contribution in [0.15, 0.2) is 61.1 Å². The van der Waals surface area contributed by atoms with Crippen molar-refractivity contribution in [2.45, 2.75) is 51.4 Å². The molecule has 1 fully saturated rings. The van der Waals surface area contributed by atoms with Crippen LogP contribution in [0.5, 0.6) is 0 Å². The van der Waals surface area contributed by atoms with E-state index in [-0.39, 0.29) is 18.3 Å². The van der Waals surface area contributed by atoms with Gasteiger partial charge >= 0.3 is 6.18 Å². The Balaban J connectivity index is 1.49. The topological polar surface area (TPSA) is 104 Å². The summed E-state index contributed by atoms with van der Waals surface area (Å²) in [4.78, 5) is 9.03. The van der Waals surface area contributed by atoms with Crippen molar-refractivity contribution in [1.29, 1.82) is 5.26 Å². The predicted molar refractivity (Wildman–Crippen MR) is 168 cm³/mol. The molecule has 3 aromatic heterocycles. The third kappa shape index (κ3) is 5.46. The molecular weight excluding hydrogens is 668 g/mol. The van der Waals surface area contributed by atoms with Gasteiger partial charge in [-0.15, -0.1) is 5.10 Å². The van der Waals surface area contributed by atoms with Crippen LogP contribution >= 0.6 is 22.6 Å². The molecule has 12 heteroatoms. The van der Waals surface area contributed by atoms with Gasteiger partial charge in [0.15, 0.2) is 5.54 Å². The van der Waals surface area contributed by atoms with E-state index in [9.17, 15) is 18.4 Å². The summed E-state index contributed by atoms with van der Waals surface area (Å²) < 4.78 is 43.7. The van der Waals surface area contributed by atoms with Crippen LogP contribution in [-0.2, 0) is 5.54 Å². The molecule has 8 nitrogen and oxygen atoms in total. The minimum absolute atomic E-state index is 0.0307. The molecule has 1 atom stereocenters. The number of nitrogens with zero attached hydrogens (tertiary/aromatic N) is 6. The van der Waals surface area contributed by atoms with E-state index < -0.39 is 17.8 Å². The first-order chi connectivity index (χ1) is 20.4. The van der Waals surface area contributed by atoms with Gasteiger partial charge in [0.05, 0.1) is 34.5 Å². The normalized spacial score (nSPS) is 15.3. The fraction of sp³-hybridized carbons (Fsp3) is 0.323. The smallest absolute Gasteiger partial charge is 0.383 e. The zero-order valence-electron chi connectivity index (χ0n) is 23.7. The summed E-state index contributed by atoms with van der Waals surface area (Å²) in [6.07, 6.45) is 0.170. The van der Waals surface area contributed by atoms with Gasteiger partial charge in [-0.3, -0.25) is 9.97 Å². The molecule has 2 N–H and O–H groups in total. The zero-order valence-corrected chi connectivity index (χ0v) is 25.8. The summed E-state index contributed by atoms with van der Waals surface area (Å²) in [5.74, 6) is 0. The molecule has 220 valence electrons. The van der Waals surface area contributed by atoms with Crippen molar-refractivity contribution >= 4 is 55.8 Å². The lowest BCUT2D eigenvalue weighted by atomic mass is 9.96. The summed E-state index contributed by atoms with van der Waals surface area (Å²) in [5, 5.41) is 26.7. The molecule has 0 radical (unpaired) electrons. The quantitative estimate of drug-likeness (QED) is 0.169. The summed E-state index contributed by atoms with van der Waals surface area (Å²) in [6, 6.07) is 14.8. The van der Waals surface area contributed by atoms with E-state index in [1.54, 1.807) is 12.4 Å². The van der Waals surface area contributed by atoms with E-state index in [4.69, 9.17) is 0 Å². The van der Waals surface area contributed by atoms with Gasteiger partial charge in [0.1, 0.15) is 11.8 Å². The Bertz CT molecular complexity index is 1880. The number of rotatable bonds is 7. The number of anilines is 2. The number of pyridine rings is 2. The zero-order chi connectivity index (χ0) is 30.6. The van der Waals surface area contributed by atoms with Crippen molar-refractivity contribution in [2.24, 2.45) is 5.41 Å². The second kappa shape index (κ2) is 10.6. The van der Waals surface area contributed by atoms with Crippen LogP contribution in [0, 0.1) is 20.3 Å². The highest BCUT2D eigenvalue weighted by Crippen LogP contribution is 2.55. The van der Waals surface area contributed by atoms with Crippen molar-refractivity contribution in [2.75, 3.05) is 17.2 Å². The lowest BCUT2D eigenvalue weighted by Crippen LogP contribution is -2.35. The monoisotopic (exact) mass is 696 g/mol. The van der Waals surface area contributed by atoms with Crippen molar-refractivity contribution in [3.63, 3.8) is 0 Å². The molecule has 43 heavy (non-hydrogen) atoms. The highest BCUT2D eigenvalue weighted by Gasteiger charge is 2.66. The number of halogens is 4. The molecule has 5 aromatic rings. The van der Waals surface area contributed by atoms with Gasteiger partial charge < -0.3 is 10.6 Å². The Morgan fingerprint density at radius 3 is 2.58 bits per heavy atom. The lowest BCUT2D eigenvalue weighted by molar-refractivity contribution is -0.182. The van der Waals surface area contributed by atoms with Gasteiger partial charge in [-0.2, -0.15) is 18.4 Å². The molecule has 1 aliphatic carbocycles. The SMILES string of the molecule is CC(C)(C)CNc1c(C#N)cnc2c(I)cc(NC(c3cn(C4(C(F)(F)F)CC4)nn3)c3cccc4ncccc34)cc12. The van der Waals surface area contributed by atoms with E-state index in [2.05, 4.69) is 80.3 Å². The number of hydrogen-bond donors (Lipinski definition) is 2. The average molecular weight is 697 g/mol. The van der Waals surface area contributed by atoms with Crippen LogP contribution in [0.4, 0.5) is 24.5 Å². The molecule has 0 saturated heterocycles. The molecule has 3 heterocycles. The molecule has 2 aromatic carbocycles. The highest BCUT2D eigenvalue weighted by molar-refractivity contribution is 14.1. The van der Waals surface area contributed by atoms with Crippen LogP contribution in [0.1, 0.15) is 56.5 Å². The average Bonchev–Trinajstić information content (AvgIpc) is 3.65. The van der Waals surface area contributed by atoms with E-state index in [0.29, 0.717) is 29.2 Å². The minimum atomic E-state index is -4.43. The Morgan fingerprint density at radius 2 is 1.88 bits per heavy atom. The number of nitrogens with one attached hydrogen (secondary N) is 2. The Labute approximate surface area is 259 Å². The Kier molecular flexibility index (Phi) is 7.19. The van der Waals surface area contributed by atoms with Crippen molar-refractivity contribution in [3.8, 4) is 6.07 Å². The number of nitriles is 1. The van der Waals surface area contributed by atoms with Gasteiger partial charge in [0.2, 0.25) is 0 Å². The molecule has 1 aliphatic rings. The van der Waals surface area contributed by atoms with E-state index >= 15 is 0 Å². The van der Waals surface area contributed by atoms with E-state index in [0.717, 1.165) is 35.6 Å². The third-order valence-corrected chi connectivity index (χ3v) is 8.46. The third-order valence-electron chi connectivity index (χ3n) is 7.64. The molecule has 1 saturated carbocycles. The second-order valence-corrected chi connectivity index (χ2v) is 13.2. The minimum Gasteiger partial charge on any atom is -0.383 e. The lowest BCUT2D eigenvalue weighted by Gasteiger charge is -2.23. The van der Waals surface area contributed by atoms with E-state index in [1.165, 1.54) is 6.20 Å². The second-order valence-electron chi connectivity index (χ2n) is 12.0. The largest absolute Gasteiger partial charge is 0.413 e. The highest BCUT2D eigenvalue weighted by atomic mass is 127. The van der Waals surface area contributed by atoms with Crippen LogP contribution in [0.25, 0.3) is 21.8 Å². The fourth-order valence-corrected chi connectivity index (χ4v) is 5.97. The van der Waals surface area contributed by atoms with Gasteiger partial charge in [0, 0.05) is 39.0 Å². The molecular formula is C31H28F3IN8. The standard InChI is InChI=1S/C31H28F3IN8/c1-29(2,3)17-39-26-18(14-36)15-38-27-22(26)12-19(13-23(27)35)40-28(21-6-4-8-24-20(21)7-5-11-37-24)25-16-43(42-41-25)30(9-10-30)31(32,33)34/h4-8,11-13,15-16,28,40H,9-10,17H2,1-3H3,(H,38,39).